The number of rotatable bonds is 6. The number of hydrogen-bond acceptors (Lipinski definition) is 2. The lowest BCUT2D eigenvalue weighted by Gasteiger charge is -2.19. The van der Waals surface area contributed by atoms with Crippen LogP contribution in [0.2, 0.25) is 5.02 Å². The number of carbonyl (C=O) groups excluding carboxylic acids is 1. The lowest BCUT2D eigenvalue weighted by molar-refractivity contribution is -0.137. The van der Waals surface area contributed by atoms with E-state index in [-0.39, 0.29) is 23.3 Å². The number of benzene rings is 1. The zero-order valence-corrected chi connectivity index (χ0v) is 12.6. The topological polar surface area (TPSA) is 66.4 Å². The molecule has 2 atom stereocenters. The lowest BCUT2D eigenvalue weighted by atomic mass is 10.0. The minimum Gasteiger partial charge on any atom is -0.481 e. The molecule has 0 bridgehead atoms. The fraction of sp³-hybridized carbons (Fsp3) is 0.375. The molecule has 1 amide bonds. The van der Waals surface area contributed by atoms with Crippen molar-refractivity contribution >= 4 is 23.5 Å². The highest BCUT2D eigenvalue weighted by Crippen LogP contribution is 2.24. The normalized spacial score (nSPS) is 18.2. The second-order valence-electron chi connectivity index (χ2n) is 5.36. The maximum atomic E-state index is 13.5. The molecule has 0 heterocycles. The zero-order valence-electron chi connectivity index (χ0n) is 11.9. The van der Waals surface area contributed by atoms with Crippen LogP contribution in [0, 0.1) is 11.7 Å². The molecule has 22 heavy (non-hydrogen) atoms. The Morgan fingerprint density at radius 2 is 2.23 bits per heavy atom. The molecule has 6 heteroatoms. The highest BCUT2D eigenvalue weighted by molar-refractivity contribution is 6.30. The third-order valence-electron chi connectivity index (χ3n) is 3.62. The van der Waals surface area contributed by atoms with Crippen LogP contribution in [-0.4, -0.2) is 17.0 Å². The Labute approximate surface area is 133 Å². The van der Waals surface area contributed by atoms with Crippen molar-refractivity contribution in [3.63, 3.8) is 0 Å². The summed E-state index contributed by atoms with van der Waals surface area (Å²) >= 11 is 5.62. The van der Waals surface area contributed by atoms with Crippen molar-refractivity contribution < 1.29 is 19.1 Å². The van der Waals surface area contributed by atoms with Gasteiger partial charge in [0.25, 0.3) is 0 Å². The van der Waals surface area contributed by atoms with Gasteiger partial charge in [-0.1, -0.05) is 29.8 Å². The number of carboxylic acid groups (broad SMARTS) is 1. The molecule has 0 spiro atoms. The molecule has 0 radical (unpaired) electrons. The van der Waals surface area contributed by atoms with Crippen molar-refractivity contribution in [2.24, 2.45) is 5.92 Å². The zero-order chi connectivity index (χ0) is 16.1. The van der Waals surface area contributed by atoms with Crippen LogP contribution in [0.1, 0.15) is 37.3 Å². The van der Waals surface area contributed by atoms with Gasteiger partial charge >= 0.3 is 5.97 Å². The quantitative estimate of drug-likeness (QED) is 0.787. The molecule has 2 rings (SSSR count). The highest BCUT2D eigenvalue weighted by Gasteiger charge is 2.21. The Hall–Kier alpha value is -1.88. The molecule has 1 aliphatic carbocycles. The lowest BCUT2D eigenvalue weighted by Crippen LogP contribution is -2.31. The number of carbonyl (C=O) groups is 2. The summed E-state index contributed by atoms with van der Waals surface area (Å²) in [5, 5.41) is 11.6. The largest absolute Gasteiger partial charge is 0.481 e. The van der Waals surface area contributed by atoms with Gasteiger partial charge in [-0.15, -0.1) is 0 Å². The molecule has 2 N–H and O–H groups in total. The predicted molar refractivity (Wildman–Crippen MR) is 81.0 cm³/mol. The molecule has 1 aromatic rings. The van der Waals surface area contributed by atoms with E-state index in [1.165, 1.54) is 12.1 Å². The van der Waals surface area contributed by atoms with Gasteiger partial charge in [0.15, 0.2) is 0 Å². The molecule has 4 nitrogen and oxygen atoms in total. The van der Waals surface area contributed by atoms with Crippen LogP contribution in [0.3, 0.4) is 0 Å². The molecular weight excluding hydrogens is 309 g/mol. The first-order valence-corrected chi connectivity index (χ1v) is 7.46. The average Bonchev–Trinajstić information content (AvgIpc) is 2.93. The minimum atomic E-state index is -1.07. The highest BCUT2D eigenvalue weighted by atomic mass is 35.5. The van der Waals surface area contributed by atoms with Crippen LogP contribution in [-0.2, 0) is 9.59 Å². The standard InChI is InChI=1S/C16H17ClFNO3/c17-12-6-5-11(8-13(12)18)14(9-16(21)22)19-15(20)7-10-3-1-2-4-10/h1,3,5-6,8,10,14H,2,4,7,9H2,(H,19,20)(H,21,22). The Bertz CT molecular complexity index is 603. The Morgan fingerprint density at radius 3 is 2.82 bits per heavy atom. The van der Waals surface area contributed by atoms with E-state index in [1.54, 1.807) is 0 Å². The van der Waals surface area contributed by atoms with E-state index >= 15 is 0 Å². The van der Waals surface area contributed by atoms with Gasteiger partial charge in [0.2, 0.25) is 5.91 Å². The Morgan fingerprint density at radius 1 is 1.45 bits per heavy atom. The summed E-state index contributed by atoms with van der Waals surface area (Å²) in [5.41, 5.74) is 0.389. The van der Waals surface area contributed by atoms with E-state index in [9.17, 15) is 14.0 Å². The summed E-state index contributed by atoms with van der Waals surface area (Å²) in [4.78, 5) is 23.0. The van der Waals surface area contributed by atoms with Gasteiger partial charge in [0, 0.05) is 6.42 Å². The van der Waals surface area contributed by atoms with Gasteiger partial charge in [0.05, 0.1) is 17.5 Å². The van der Waals surface area contributed by atoms with Gasteiger partial charge in [-0.05, 0) is 36.5 Å². The van der Waals surface area contributed by atoms with E-state index in [4.69, 9.17) is 16.7 Å². The third kappa shape index (κ3) is 4.56. The molecule has 118 valence electrons. The predicted octanol–water partition coefficient (Wildman–Crippen LogP) is 3.47. The molecule has 1 aromatic carbocycles. The van der Waals surface area contributed by atoms with Crippen LogP contribution in [0.15, 0.2) is 30.4 Å². The molecule has 1 aliphatic rings. The number of halogens is 2. The number of carboxylic acids is 1. The molecular formula is C16H17ClFNO3. The van der Waals surface area contributed by atoms with Crippen molar-refractivity contribution in [1.29, 1.82) is 0 Å². The van der Waals surface area contributed by atoms with Gasteiger partial charge in [-0.25, -0.2) is 4.39 Å². The maximum Gasteiger partial charge on any atom is 0.305 e. The summed E-state index contributed by atoms with van der Waals surface area (Å²) in [5.74, 6) is -1.76. The average molecular weight is 326 g/mol. The van der Waals surface area contributed by atoms with Gasteiger partial charge < -0.3 is 10.4 Å². The van der Waals surface area contributed by atoms with Gasteiger partial charge in [-0.3, -0.25) is 9.59 Å². The SMILES string of the molecule is O=C(O)CC(NC(=O)CC1C=CCC1)c1ccc(Cl)c(F)c1. The van der Waals surface area contributed by atoms with Crippen LogP contribution in [0.5, 0.6) is 0 Å². The van der Waals surface area contributed by atoms with Crippen molar-refractivity contribution in [3.8, 4) is 0 Å². The summed E-state index contributed by atoms with van der Waals surface area (Å²) in [6.07, 6.45) is 5.90. The third-order valence-corrected chi connectivity index (χ3v) is 3.93. The molecule has 0 saturated carbocycles. The number of hydrogen-bond donors (Lipinski definition) is 2. The summed E-state index contributed by atoms with van der Waals surface area (Å²) in [7, 11) is 0. The van der Waals surface area contributed by atoms with Crippen molar-refractivity contribution in [2.75, 3.05) is 0 Å². The summed E-state index contributed by atoms with van der Waals surface area (Å²) in [6, 6.07) is 3.26. The first-order chi connectivity index (χ1) is 10.5. The fourth-order valence-corrected chi connectivity index (χ4v) is 2.63. The van der Waals surface area contributed by atoms with Crippen molar-refractivity contribution in [1.82, 2.24) is 5.32 Å². The summed E-state index contributed by atoms with van der Waals surface area (Å²) in [6.45, 7) is 0. The molecule has 2 unspecified atom stereocenters. The number of amides is 1. The summed E-state index contributed by atoms with van der Waals surface area (Å²) < 4.78 is 13.5. The first kappa shape index (κ1) is 16.5. The number of allylic oxidation sites excluding steroid dienone is 2. The van der Waals surface area contributed by atoms with E-state index in [0.29, 0.717) is 12.0 Å². The van der Waals surface area contributed by atoms with Crippen molar-refractivity contribution in [2.45, 2.75) is 31.7 Å². The van der Waals surface area contributed by atoms with E-state index in [1.807, 2.05) is 12.2 Å². The van der Waals surface area contributed by atoms with Crippen LogP contribution in [0.25, 0.3) is 0 Å². The van der Waals surface area contributed by atoms with Crippen molar-refractivity contribution in [3.05, 3.63) is 46.8 Å². The maximum absolute atomic E-state index is 13.5. The smallest absolute Gasteiger partial charge is 0.305 e. The Balaban J connectivity index is 2.07. The van der Waals surface area contributed by atoms with Crippen LogP contribution < -0.4 is 5.32 Å². The van der Waals surface area contributed by atoms with Crippen LogP contribution >= 0.6 is 11.6 Å². The van der Waals surface area contributed by atoms with E-state index in [0.717, 1.165) is 18.9 Å². The number of aliphatic carboxylic acids is 1. The number of nitrogens with one attached hydrogen (secondary N) is 1. The molecule has 0 saturated heterocycles. The van der Waals surface area contributed by atoms with E-state index < -0.39 is 17.8 Å². The van der Waals surface area contributed by atoms with Crippen LogP contribution in [0.4, 0.5) is 4.39 Å². The molecule has 0 aliphatic heterocycles. The minimum absolute atomic E-state index is 0.0414. The van der Waals surface area contributed by atoms with Gasteiger partial charge in [-0.2, -0.15) is 0 Å². The second kappa shape index (κ2) is 7.40. The first-order valence-electron chi connectivity index (χ1n) is 7.08. The fourth-order valence-electron chi connectivity index (χ4n) is 2.51. The van der Waals surface area contributed by atoms with Gasteiger partial charge in [0.1, 0.15) is 5.82 Å². The Kier molecular flexibility index (Phi) is 5.55. The molecule has 0 fully saturated rings. The molecule has 0 aromatic heterocycles. The second-order valence-corrected chi connectivity index (χ2v) is 5.77. The van der Waals surface area contributed by atoms with E-state index in [2.05, 4.69) is 5.32 Å². The monoisotopic (exact) mass is 325 g/mol.